The fourth-order valence-corrected chi connectivity index (χ4v) is 3.93. The molecule has 0 saturated carbocycles. The molecule has 1 aromatic carbocycles. The van der Waals surface area contributed by atoms with Crippen LogP contribution in [0.2, 0.25) is 0 Å². The maximum Gasteiger partial charge on any atom is 0.198 e. The number of anilines is 1. The number of aliphatic imine (C=N–C) groups is 1. The number of nitrogens with one attached hydrogen (secondary N) is 1. The monoisotopic (exact) mass is 344 g/mol. The molecular formula is C20H32N4O. The maximum atomic E-state index is 5.88. The van der Waals surface area contributed by atoms with Gasteiger partial charge in [0.15, 0.2) is 5.96 Å². The Kier molecular flexibility index (Phi) is 5.35. The summed E-state index contributed by atoms with van der Waals surface area (Å²) >= 11 is 0. The zero-order valence-corrected chi connectivity index (χ0v) is 16.2. The summed E-state index contributed by atoms with van der Waals surface area (Å²) in [5.74, 6) is 0.965. The van der Waals surface area contributed by atoms with E-state index in [1.807, 2.05) is 7.05 Å². The van der Waals surface area contributed by atoms with Gasteiger partial charge in [-0.25, -0.2) is 0 Å². The second kappa shape index (κ2) is 7.34. The molecule has 2 unspecified atom stereocenters. The minimum atomic E-state index is 0.0431. The number of hydrogen-bond acceptors (Lipinski definition) is 3. The predicted molar refractivity (Wildman–Crippen MR) is 105 cm³/mol. The first-order valence-electron chi connectivity index (χ1n) is 9.37. The molecule has 0 spiro atoms. The number of nitrogens with zero attached hydrogens (tertiary/aromatic N) is 3. The van der Waals surface area contributed by atoms with E-state index in [4.69, 9.17) is 4.74 Å². The van der Waals surface area contributed by atoms with Crippen LogP contribution in [0.15, 0.2) is 29.3 Å². The molecule has 138 valence electrons. The van der Waals surface area contributed by atoms with Crippen LogP contribution in [-0.4, -0.2) is 61.8 Å². The number of ether oxygens (including phenoxy) is 1. The summed E-state index contributed by atoms with van der Waals surface area (Å²) < 4.78 is 5.88. The molecule has 25 heavy (non-hydrogen) atoms. The lowest BCUT2D eigenvalue weighted by atomic mass is 10.00. The van der Waals surface area contributed by atoms with Gasteiger partial charge in [0.25, 0.3) is 0 Å². The van der Waals surface area contributed by atoms with Gasteiger partial charge >= 0.3 is 0 Å². The van der Waals surface area contributed by atoms with Crippen molar-refractivity contribution in [3.05, 3.63) is 29.8 Å². The molecule has 2 aliphatic rings. The van der Waals surface area contributed by atoms with Crippen molar-refractivity contribution >= 4 is 11.6 Å². The van der Waals surface area contributed by atoms with E-state index in [1.165, 1.54) is 11.3 Å². The van der Waals surface area contributed by atoms with Crippen molar-refractivity contribution in [1.29, 1.82) is 0 Å². The molecule has 1 aromatic rings. The quantitative estimate of drug-likeness (QED) is 0.676. The molecule has 1 saturated heterocycles. The number of fused-ring (bicyclic) bond motifs is 1. The topological polar surface area (TPSA) is 40.1 Å². The first kappa shape index (κ1) is 18.2. The van der Waals surface area contributed by atoms with Crippen molar-refractivity contribution in [1.82, 2.24) is 10.2 Å². The lowest BCUT2D eigenvalue weighted by Gasteiger charge is -2.45. The first-order valence-corrected chi connectivity index (χ1v) is 9.37. The van der Waals surface area contributed by atoms with Gasteiger partial charge < -0.3 is 15.0 Å². The van der Waals surface area contributed by atoms with Crippen LogP contribution in [0.25, 0.3) is 0 Å². The zero-order chi connectivity index (χ0) is 18.0. The Morgan fingerprint density at radius 1 is 1.24 bits per heavy atom. The van der Waals surface area contributed by atoms with Gasteiger partial charge in [-0.05, 0) is 45.7 Å². The number of hydrogen-bond donors (Lipinski definition) is 1. The van der Waals surface area contributed by atoms with Gasteiger partial charge in [0.2, 0.25) is 0 Å². The molecule has 0 aromatic heterocycles. The zero-order valence-electron chi connectivity index (χ0n) is 16.2. The smallest absolute Gasteiger partial charge is 0.198 e. The SMILES string of the molecule is CN=C(NCC(C)(C)N1CC(C)OC(C)C1)N1CCc2ccccc21. The maximum absolute atomic E-state index is 5.88. The lowest BCUT2D eigenvalue weighted by molar-refractivity contribution is -0.0946. The summed E-state index contributed by atoms with van der Waals surface area (Å²) in [6.45, 7) is 12.7. The average Bonchev–Trinajstić information content (AvgIpc) is 2.99. The lowest BCUT2D eigenvalue weighted by Crippen LogP contribution is -2.59. The average molecular weight is 345 g/mol. The summed E-state index contributed by atoms with van der Waals surface area (Å²) in [7, 11) is 1.87. The molecule has 0 radical (unpaired) electrons. The van der Waals surface area contributed by atoms with Gasteiger partial charge in [0, 0.05) is 44.5 Å². The van der Waals surface area contributed by atoms with E-state index in [1.54, 1.807) is 0 Å². The fraction of sp³-hybridized carbons (Fsp3) is 0.650. The number of morpholine rings is 1. The van der Waals surface area contributed by atoms with E-state index in [9.17, 15) is 0 Å². The van der Waals surface area contributed by atoms with Crippen LogP contribution in [0.4, 0.5) is 5.69 Å². The Balaban J connectivity index is 1.65. The first-order chi connectivity index (χ1) is 11.9. The Morgan fingerprint density at radius 3 is 2.60 bits per heavy atom. The van der Waals surface area contributed by atoms with Crippen molar-refractivity contribution in [3.63, 3.8) is 0 Å². The molecule has 3 rings (SSSR count). The fourth-order valence-electron chi connectivity index (χ4n) is 3.93. The number of para-hydroxylation sites is 1. The molecule has 5 heteroatoms. The normalized spacial score (nSPS) is 25.2. The van der Waals surface area contributed by atoms with Crippen LogP contribution < -0.4 is 10.2 Å². The minimum Gasteiger partial charge on any atom is -0.373 e. The van der Waals surface area contributed by atoms with Gasteiger partial charge in [-0.15, -0.1) is 0 Å². The van der Waals surface area contributed by atoms with E-state index in [2.05, 4.69) is 72.1 Å². The third kappa shape index (κ3) is 3.98. The summed E-state index contributed by atoms with van der Waals surface area (Å²) in [6, 6.07) is 8.61. The van der Waals surface area contributed by atoms with Crippen molar-refractivity contribution in [2.45, 2.75) is 51.9 Å². The van der Waals surface area contributed by atoms with Crippen molar-refractivity contribution in [2.75, 3.05) is 38.1 Å². The van der Waals surface area contributed by atoms with Crippen molar-refractivity contribution in [3.8, 4) is 0 Å². The van der Waals surface area contributed by atoms with Gasteiger partial charge in [-0.3, -0.25) is 9.89 Å². The summed E-state index contributed by atoms with van der Waals surface area (Å²) in [5, 5.41) is 3.61. The Hall–Kier alpha value is -1.59. The predicted octanol–water partition coefficient (Wildman–Crippen LogP) is 2.51. The van der Waals surface area contributed by atoms with Crippen LogP contribution >= 0.6 is 0 Å². The molecule has 0 amide bonds. The minimum absolute atomic E-state index is 0.0431. The molecule has 5 nitrogen and oxygen atoms in total. The molecular weight excluding hydrogens is 312 g/mol. The second-order valence-corrected chi connectivity index (χ2v) is 7.91. The number of guanidine groups is 1. The molecule has 1 fully saturated rings. The van der Waals surface area contributed by atoms with E-state index in [0.717, 1.165) is 38.6 Å². The Labute approximate surface area is 152 Å². The Morgan fingerprint density at radius 2 is 1.92 bits per heavy atom. The standard InChI is InChI=1S/C20H32N4O/c1-15-12-23(13-16(2)25-15)20(3,4)14-22-19(21-5)24-11-10-17-8-6-7-9-18(17)24/h6-9,15-16H,10-14H2,1-5H3,(H,21,22). The molecule has 1 N–H and O–H groups in total. The highest BCUT2D eigenvalue weighted by Crippen LogP contribution is 2.27. The Bertz CT molecular complexity index is 618. The van der Waals surface area contributed by atoms with Crippen LogP contribution in [0.1, 0.15) is 33.3 Å². The third-order valence-corrected chi connectivity index (χ3v) is 5.31. The van der Waals surface area contributed by atoms with Gasteiger partial charge in [-0.1, -0.05) is 18.2 Å². The van der Waals surface area contributed by atoms with Crippen LogP contribution in [0.5, 0.6) is 0 Å². The van der Waals surface area contributed by atoms with Crippen molar-refractivity contribution < 1.29 is 4.74 Å². The molecule has 2 atom stereocenters. The van der Waals surface area contributed by atoms with E-state index < -0.39 is 0 Å². The van der Waals surface area contributed by atoms with Crippen LogP contribution in [0.3, 0.4) is 0 Å². The summed E-state index contributed by atoms with van der Waals surface area (Å²) in [4.78, 5) is 9.37. The van der Waals surface area contributed by atoms with Gasteiger partial charge in [0.05, 0.1) is 12.2 Å². The van der Waals surface area contributed by atoms with Crippen LogP contribution in [-0.2, 0) is 11.2 Å². The third-order valence-electron chi connectivity index (χ3n) is 5.31. The van der Waals surface area contributed by atoms with Crippen LogP contribution in [0, 0.1) is 0 Å². The van der Waals surface area contributed by atoms with E-state index in [-0.39, 0.29) is 17.7 Å². The van der Waals surface area contributed by atoms with E-state index >= 15 is 0 Å². The molecule has 2 aliphatic heterocycles. The summed E-state index contributed by atoms with van der Waals surface area (Å²) in [5.41, 5.74) is 2.73. The van der Waals surface area contributed by atoms with Gasteiger partial charge in [-0.2, -0.15) is 0 Å². The largest absolute Gasteiger partial charge is 0.373 e. The highest BCUT2D eigenvalue weighted by atomic mass is 16.5. The van der Waals surface area contributed by atoms with E-state index in [0.29, 0.717) is 0 Å². The number of benzene rings is 1. The highest BCUT2D eigenvalue weighted by molar-refractivity contribution is 5.97. The van der Waals surface area contributed by atoms with Crippen molar-refractivity contribution in [2.24, 2.45) is 4.99 Å². The van der Waals surface area contributed by atoms with Gasteiger partial charge in [0.1, 0.15) is 0 Å². The second-order valence-electron chi connectivity index (χ2n) is 7.91. The molecule has 0 aliphatic carbocycles. The molecule has 2 heterocycles. The number of rotatable bonds is 3. The summed E-state index contributed by atoms with van der Waals surface area (Å²) in [6.07, 6.45) is 1.65. The highest BCUT2D eigenvalue weighted by Gasteiger charge is 2.34. The molecule has 0 bridgehead atoms.